The zero-order valence-electron chi connectivity index (χ0n) is 16.4. The van der Waals surface area contributed by atoms with Crippen molar-refractivity contribution in [2.24, 2.45) is 0 Å². The maximum absolute atomic E-state index is 12.2. The molecule has 1 aromatic heterocycles. The summed E-state index contributed by atoms with van der Waals surface area (Å²) in [6.45, 7) is 7.98. The van der Waals surface area contributed by atoms with Crippen LogP contribution in [-0.2, 0) is 30.3 Å². The molecule has 0 bridgehead atoms. The molecule has 3 N–H and O–H groups in total. The van der Waals surface area contributed by atoms with E-state index in [1.54, 1.807) is 13.0 Å². The summed E-state index contributed by atoms with van der Waals surface area (Å²) in [5.41, 5.74) is 0.452. The average molecular weight is 430 g/mol. The lowest BCUT2D eigenvalue weighted by Gasteiger charge is -2.26. The number of carbonyl (C=O) groups is 4. The minimum absolute atomic E-state index is 0.0773. The number of hydrogen-bond acceptors (Lipinski definition) is 8. The number of thiophene rings is 1. The second-order valence-electron chi connectivity index (χ2n) is 5.89. The van der Waals surface area contributed by atoms with Gasteiger partial charge in [-0.25, -0.2) is 14.4 Å². The second kappa shape index (κ2) is 12.9. The summed E-state index contributed by atoms with van der Waals surface area (Å²) in [5.74, 6) is -4.11. The summed E-state index contributed by atoms with van der Waals surface area (Å²) in [6.07, 6.45) is 1.22. The number of aliphatic carboxylic acids is 2. The van der Waals surface area contributed by atoms with Crippen molar-refractivity contribution in [1.29, 1.82) is 0 Å². The summed E-state index contributed by atoms with van der Waals surface area (Å²) in [7, 11) is 0. The van der Waals surface area contributed by atoms with Crippen molar-refractivity contribution in [3.05, 3.63) is 16.5 Å². The van der Waals surface area contributed by atoms with Crippen LogP contribution in [-0.4, -0.2) is 78.4 Å². The molecule has 29 heavy (non-hydrogen) atoms. The van der Waals surface area contributed by atoms with Crippen LogP contribution in [0.3, 0.4) is 0 Å². The standard InChI is InChI=1S/C16H24N2O4S.C2H2O4/c1-3-12-11-13(16(20)22-4-2)15(23-12)17-14(19)5-6-18-7-9-21-10-8-18;3-1(4)2(5)6/h11H,3-10H2,1-2H3,(H,17,19);(H,3,4)(H,5,6). The lowest BCUT2D eigenvalue weighted by atomic mass is 10.2. The Bertz CT molecular complexity index is 701. The minimum atomic E-state index is -1.82. The predicted octanol–water partition coefficient (Wildman–Crippen LogP) is 1.30. The molecule has 2 heterocycles. The lowest BCUT2D eigenvalue weighted by molar-refractivity contribution is -0.159. The van der Waals surface area contributed by atoms with Crippen molar-refractivity contribution in [2.75, 3.05) is 44.8 Å². The van der Waals surface area contributed by atoms with Gasteiger partial charge in [-0.3, -0.25) is 9.69 Å². The highest BCUT2D eigenvalue weighted by Crippen LogP contribution is 2.29. The first-order valence-corrected chi connectivity index (χ1v) is 9.96. The van der Waals surface area contributed by atoms with Gasteiger partial charge < -0.3 is 25.0 Å². The third-order valence-electron chi connectivity index (χ3n) is 3.82. The molecule has 0 spiro atoms. The smallest absolute Gasteiger partial charge is 0.414 e. The van der Waals surface area contributed by atoms with E-state index in [4.69, 9.17) is 29.3 Å². The number of carbonyl (C=O) groups excluding carboxylic acids is 2. The van der Waals surface area contributed by atoms with Crippen LogP contribution in [0.1, 0.15) is 35.5 Å². The van der Waals surface area contributed by atoms with Gasteiger partial charge in [0.15, 0.2) is 0 Å². The molecule has 2 rings (SSSR count). The summed E-state index contributed by atoms with van der Waals surface area (Å²) < 4.78 is 10.3. The van der Waals surface area contributed by atoms with Gasteiger partial charge >= 0.3 is 17.9 Å². The molecule has 0 unspecified atom stereocenters. The van der Waals surface area contributed by atoms with E-state index in [1.807, 2.05) is 6.92 Å². The molecular formula is C18H26N2O8S. The van der Waals surface area contributed by atoms with E-state index in [0.29, 0.717) is 30.1 Å². The normalized spacial score (nSPS) is 13.7. The fourth-order valence-electron chi connectivity index (χ4n) is 2.34. The van der Waals surface area contributed by atoms with Gasteiger partial charge in [0.2, 0.25) is 5.91 Å². The molecule has 0 atom stereocenters. The number of ether oxygens (including phenoxy) is 2. The zero-order chi connectivity index (χ0) is 21.8. The van der Waals surface area contributed by atoms with E-state index in [1.165, 1.54) is 11.3 Å². The van der Waals surface area contributed by atoms with E-state index in [2.05, 4.69) is 10.2 Å². The number of morpholine rings is 1. The van der Waals surface area contributed by atoms with Gasteiger partial charge in [0.05, 0.1) is 25.4 Å². The number of nitrogens with one attached hydrogen (secondary N) is 1. The van der Waals surface area contributed by atoms with Crippen LogP contribution < -0.4 is 5.32 Å². The van der Waals surface area contributed by atoms with Crippen molar-refractivity contribution in [3.8, 4) is 0 Å². The molecule has 1 amide bonds. The molecule has 1 aliphatic rings. The summed E-state index contributed by atoms with van der Waals surface area (Å²) >= 11 is 1.44. The van der Waals surface area contributed by atoms with Crippen molar-refractivity contribution < 1.29 is 38.9 Å². The van der Waals surface area contributed by atoms with E-state index >= 15 is 0 Å². The van der Waals surface area contributed by atoms with Gasteiger partial charge in [-0.1, -0.05) is 6.92 Å². The molecule has 0 aromatic carbocycles. The highest BCUT2D eigenvalue weighted by molar-refractivity contribution is 7.16. The molecule has 1 saturated heterocycles. The summed E-state index contributed by atoms with van der Waals surface area (Å²) in [4.78, 5) is 45.6. The largest absolute Gasteiger partial charge is 0.473 e. The van der Waals surface area contributed by atoms with Crippen LogP contribution in [0.2, 0.25) is 0 Å². The van der Waals surface area contributed by atoms with Crippen LogP contribution >= 0.6 is 11.3 Å². The maximum Gasteiger partial charge on any atom is 0.414 e. The second-order valence-corrected chi connectivity index (χ2v) is 7.03. The van der Waals surface area contributed by atoms with Gasteiger partial charge in [0.1, 0.15) is 5.00 Å². The maximum atomic E-state index is 12.2. The Balaban J connectivity index is 0.000000612. The number of carboxylic acids is 2. The van der Waals surface area contributed by atoms with Crippen LogP contribution in [0.15, 0.2) is 6.07 Å². The third-order valence-corrected chi connectivity index (χ3v) is 5.02. The number of amides is 1. The molecule has 10 nitrogen and oxygen atoms in total. The molecule has 1 aromatic rings. The Hall–Kier alpha value is -2.50. The number of carboxylic acid groups (broad SMARTS) is 2. The first-order valence-electron chi connectivity index (χ1n) is 9.14. The zero-order valence-corrected chi connectivity index (χ0v) is 17.3. The van der Waals surface area contributed by atoms with Crippen molar-refractivity contribution in [3.63, 3.8) is 0 Å². The highest BCUT2D eigenvalue weighted by Gasteiger charge is 2.19. The van der Waals surface area contributed by atoms with E-state index in [-0.39, 0.29) is 11.9 Å². The van der Waals surface area contributed by atoms with Crippen LogP contribution in [0.4, 0.5) is 5.00 Å². The van der Waals surface area contributed by atoms with Crippen LogP contribution in [0, 0.1) is 0 Å². The fraction of sp³-hybridized carbons (Fsp3) is 0.556. The molecule has 1 aliphatic heterocycles. The average Bonchev–Trinajstić information content (AvgIpc) is 3.11. The Morgan fingerprint density at radius 2 is 1.79 bits per heavy atom. The molecule has 0 radical (unpaired) electrons. The van der Waals surface area contributed by atoms with E-state index in [0.717, 1.165) is 37.6 Å². The molecule has 11 heteroatoms. The predicted molar refractivity (Wildman–Crippen MR) is 105 cm³/mol. The molecule has 0 aliphatic carbocycles. The number of rotatable bonds is 7. The molecule has 1 fully saturated rings. The minimum Gasteiger partial charge on any atom is -0.473 e. The Kier molecular flexibility index (Phi) is 10.9. The molecular weight excluding hydrogens is 404 g/mol. The third kappa shape index (κ3) is 9.03. The first-order chi connectivity index (χ1) is 13.8. The Labute approximate surface area is 172 Å². The Morgan fingerprint density at radius 1 is 1.17 bits per heavy atom. The van der Waals surface area contributed by atoms with E-state index in [9.17, 15) is 9.59 Å². The van der Waals surface area contributed by atoms with Gasteiger partial charge in [0.25, 0.3) is 0 Å². The highest BCUT2D eigenvalue weighted by atomic mass is 32.1. The fourth-order valence-corrected chi connectivity index (χ4v) is 3.34. The van der Waals surface area contributed by atoms with Crippen molar-refractivity contribution in [1.82, 2.24) is 4.90 Å². The topological polar surface area (TPSA) is 142 Å². The molecule has 0 saturated carbocycles. The lowest BCUT2D eigenvalue weighted by Crippen LogP contribution is -2.38. The van der Waals surface area contributed by atoms with Crippen LogP contribution in [0.5, 0.6) is 0 Å². The summed E-state index contributed by atoms with van der Waals surface area (Å²) in [6, 6.07) is 1.81. The van der Waals surface area contributed by atoms with E-state index < -0.39 is 11.9 Å². The number of nitrogens with zero attached hydrogens (tertiary/aromatic N) is 1. The first kappa shape index (κ1) is 24.5. The van der Waals surface area contributed by atoms with Crippen molar-refractivity contribution in [2.45, 2.75) is 26.7 Å². The monoisotopic (exact) mass is 430 g/mol. The van der Waals surface area contributed by atoms with Gasteiger partial charge in [-0.05, 0) is 19.4 Å². The number of aryl methyl sites for hydroxylation is 1. The Morgan fingerprint density at radius 3 is 2.31 bits per heavy atom. The van der Waals surface area contributed by atoms with Gasteiger partial charge in [-0.2, -0.15) is 0 Å². The van der Waals surface area contributed by atoms with Crippen LogP contribution in [0.25, 0.3) is 0 Å². The number of hydrogen-bond donors (Lipinski definition) is 3. The summed E-state index contributed by atoms with van der Waals surface area (Å²) in [5, 5.41) is 18.2. The van der Waals surface area contributed by atoms with Crippen molar-refractivity contribution >= 4 is 40.2 Å². The SMILES string of the molecule is CCOC(=O)c1cc(CC)sc1NC(=O)CCN1CCOCC1.O=C(O)C(=O)O. The van der Waals surface area contributed by atoms with Gasteiger partial charge in [0, 0.05) is 30.9 Å². The number of esters is 1. The number of anilines is 1. The van der Waals surface area contributed by atoms with Gasteiger partial charge in [-0.15, -0.1) is 11.3 Å². The molecule has 162 valence electrons. The quantitative estimate of drug-likeness (QED) is 0.431.